The van der Waals surface area contributed by atoms with Gasteiger partial charge in [-0.25, -0.2) is 17.4 Å². The van der Waals surface area contributed by atoms with Gasteiger partial charge in [-0.05, 0) is 29.8 Å². The maximum Gasteiger partial charge on any atom is 0.273 e. The second kappa shape index (κ2) is 7.60. The lowest BCUT2D eigenvalue weighted by Gasteiger charge is -2.14. The van der Waals surface area contributed by atoms with Crippen LogP contribution in [0.5, 0.6) is 11.5 Å². The maximum atomic E-state index is 13.8. The third-order valence-electron chi connectivity index (χ3n) is 4.68. The molecule has 4 rings (SSSR count). The molecule has 0 amide bonds. The van der Waals surface area contributed by atoms with Crippen LogP contribution in [0, 0.1) is 0 Å². The third-order valence-corrected chi connectivity index (χ3v) is 6.44. The fourth-order valence-corrected chi connectivity index (χ4v) is 4.96. The van der Waals surface area contributed by atoms with Crippen LogP contribution in [-0.2, 0) is 16.4 Å². The molecule has 0 aliphatic rings. The monoisotopic (exact) mass is 408 g/mol. The highest BCUT2D eigenvalue weighted by Gasteiger charge is 2.28. The summed E-state index contributed by atoms with van der Waals surface area (Å²) in [6, 6.07) is 21.6. The van der Waals surface area contributed by atoms with Crippen molar-refractivity contribution < 1.29 is 17.9 Å². The molecule has 0 N–H and O–H groups in total. The molecule has 0 radical (unpaired) electrons. The van der Waals surface area contributed by atoms with Gasteiger partial charge in [0, 0.05) is 12.5 Å². The van der Waals surface area contributed by atoms with Gasteiger partial charge in [-0.3, -0.25) is 0 Å². The Labute approximate surface area is 169 Å². The zero-order valence-electron chi connectivity index (χ0n) is 16.1. The van der Waals surface area contributed by atoms with Crippen molar-refractivity contribution in [2.75, 3.05) is 14.2 Å². The Hall–Kier alpha value is -3.32. The van der Waals surface area contributed by atoms with Crippen LogP contribution in [0.2, 0.25) is 0 Å². The van der Waals surface area contributed by atoms with E-state index in [9.17, 15) is 8.42 Å². The van der Waals surface area contributed by atoms with Crippen molar-refractivity contribution in [1.29, 1.82) is 0 Å². The van der Waals surface area contributed by atoms with E-state index in [4.69, 9.17) is 9.47 Å². The molecule has 0 fully saturated rings. The van der Waals surface area contributed by atoms with E-state index >= 15 is 0 Å². The molecule has 0 saturated heterocycles. The summed E-state index contributed by atoms with van der Waals surface area (Å²) in [6.45, 7) is 0. The molecule has 0 aliphatic carbocycles. The lowest BCUT2D eigenvalue weighted by Crippen LogP contribution is -2.17. The minimum Gasteiger partial charge on any atom is -0.497 e. The largest absolute Gasteiger partial charge is 0.497 e. The van der Waals surface area contributed by atoms with Gasteiger partial charge in [-0.2, -0.15) is 0 Å². The summed E-state index contributed by atoms with van der Waals surface area (Å²) < 4.78 is 39.4. The summed E-state index contributed by atoms with van der Waals surface area (Å²) in [7, 11) is -1.07. The molecule has 0 atom stereocenters. The Balaban J connectivity index is 1.96. The van der Waals surface area contributed by atoms with E-state index in [1.807, 2.05) is 36.4 Å². The quantitative estimate of drug-likeness (QED) is 0.484. The molecule has 0 saturated carbocycles. The summed E-state index contributed by atoms with van der Waals surface area (Å²) in [5.74, 6) is 1.11. The number of fused-ring (bicyclic) bond motifs is 1. The highest BCUT2D eigenvalue weighted by atomic mass is 32.2. The molecule has 0 unspecified atom stereocenters. The fourth-order valence-electron chi connectivity index (χ4n) is 3.30. The van der Waals surface area contributed by atoms with Gasteiger partial charge in [0.05, 0.1) is 25.3 Å². The summed E-state index contributed by atoms with van der Waals surface area (Å²) in [5.41, 5.74) is 2.10. The molecule has 0 bridgehead atoms. The van der Waals surface area contributed by atoms with Crippen LogP contribution in [0.3, 0.4) is 0 Å². The molecule has 1 heterocycles. The minimum atomic E-state index is -4.00. The van der Waals surface area contributed by atoms with Gasteiger partial charge in [0.2, 0.25) is 0 Å². The van der Waals surface area contributed by atoms with Crippen molar-refractivity contribution in [2.45, 2.75) is 11.3 Å². The second-order valence-corrected chi connectivity index (χ2v) is 8.22. The van der Waals surface area contributed by atoms with Crippen molar-refractivity contribution >= 4 is 21.1 Å². The van der Waals surface area contributed by atoms with E-state index in [1.54, 1.807) is 30.3 Å². The predicted molar refractivity (Wildman–Crippen MR) is 111 cm³/mol. The highest BCUT2D eigenvalue weighted by Crippen LogP contribution is 2.32. The van der Waals surface area contributed by atoms with Crippen molar-refractivity contribution in [3.63, 3.8) is 0 Å². The minimum absolute atomic E-state index is 0.0248. The number of benzene rings is 3. The second-order valence-electron chi connectivity index (χ2n) is 6.47. The topological polar surface area (TPSA) is 70.4 Å². The van der Waals surface area contributed by atoms with Crippen molar-refractivity contribution in [1.82, 2.24) is 8.96 Å². The van der Waals surface area contributed by atoms with Gasteiger partial charge < -0.3 is 9.47 Å². The molecule has 7 heteroatoms. The van der Waals surface area contributed by atoms with Gasteiger partial charge in [-0.1, -0.05) is 42.5 Å². The van der Waals surface area contributed by atoms with Gasteiger partial charge in [0.15, 0.2) is 0 Å². The smallest absolute Gasteiger partial charge is 0.273 e. The van der Waals surface area contributed by atoms with E-state index < -0.39 is 10.0 Å². The molecule has 148 valence electrons. The Morgan fingerprint density at radius 1 is 0.897 bits per heavy atom. The Kier molecular flexibility index (Phi) is 4.98. The van der Waals surface area contributed by atoms with Gasteiger partial charge in [-0.15, -0.1) is 0 Å². The van der Waals surface area contributed by atoms with Gasteiger partial charge >= 0.3 is 0 Å². The third kappa shape index (κ3) is 3.45. The zero-order chi connectivity index (χ0) is 20.4. The SMILES string of the molecule is COc1ccc(OC)c(S(=O)(=O)n2c(Cc3ccccc3)nc3ccccc32)c1. The number of imidazole rings is 1. The van der Waals surface area contributed by atoms with E-state index in [2.05, 4.69) is 4.98 Å². The van der Waals surface area contributed by atoms with Crippen molar-refractivity contribution in [3.8, 4) is 11.5 Å². The first-order chi connectivity index (χ1) is 14.0. The van der Waals surface area contributed by atoms with E-state index in [1.165, 1.54) is 24.3 Å². The average molecular weight is 408 g/mol. The molecular formula is C22H20N2O4S. The predicted octanol–water partition coefficient (Wildman–Crippen LogP) is 3.88. The van der Waals surface area contributed by atoms with Crippen LogP contribution in [-0.4, -0.2) is 31.6 Å². The summed E-state index contributed by atoms with van der Waals surface area (Å²) >= 11 is 0. The molecule has 1 aromatic heterocycles. The van der Waals surface area contributed by atoms with Crippen LogP contribution in [0.4, 0.5) is 0 Å². The Bertz CT molecular complexity index is 1260. The summed E-state index contributed by atoms with van der Waals surface area (Å²) in [5, 5.41) is 0. The molecular weight excluding hydrogens is 388 g/mol. The summed E-state index contributed by atoms with van der Waals surface area (Å²) in [4.78, 5) is 4.63. The molecule has 3 aromatic carbocycles. The van der Waals surface area contributed by atoms with E-state index in [0.717, 1.165) is 5.56 Å². The molecule has 0 aliphatic heterocycles. The zero-order valence-corrected chi connectivity index (χ0v) is 16.9. The Morgan fingerprint density at radius 2 is 1.62 bits per heavy atom. The van der Waals surface area contributed by atoms with Crippen LogP contribution in [0.25, 0.3) is 11.0 Å². The molecule has 29 heavy (non-hydrogen) atoms. The van der Waals surface area contributed by atoms with E-state index in [-0.39, 0.29) is 10.6 Å². The first kappa shape index (κ1) is 19.0. The molecule has 6 nitrogen and oxygen atoms in total. The normalized spacial score (nSPS) is 11.5. The van der Waals surface area contributed by atoms with Crippen LogP contribution >= 0.6 is 0 Å². The van der Waals surface area contributed by atoms with Crippen LogP contribution < -0.4 is 9.47 Å². The lowest BCUT2D eigenvalue weighted by atomic mass is 10.1. The fraction of sp³-hybridized carbons (Fsp3) is 0.136. The number of ether oxygens (including phenoxy) is 2. The first-order valence-corrected chi connectivity index (χ1v) is 10.5. The molecule has 0 spiro atoms. The van der Waals surface area contributed by atoms with Crippen LogP contribution in [0.1, 0.15) is 11.4 Å². The van der Waals surface area contributed by atoms with Crippen molar-refractivity contribution in [2.24, 2.45) is 0 Å². The summed E-state index contributed by atoms with van der Waals surface area (Å²) in [6.07, 6.45) is 0.376. The number of para-hydroxylation sites is 2. The number of hydrogen-bond acceptors (Lipinski definition) is 5. The Morgan fingerprint density at radius 3 is 2.34 bits per heavy atom. The van der Waals surface area contributed by atoms with Crippen molar-refractivity contribution in [3.05, 3.63) is 84.2 Å². The number of aromatic nitrogens is 2. The number of rotatable bonds is 6. The average Bonchev–Trinajstić information content (AvgIpc) is 3.12. The lowest BCUT2D eigenvalue weighted by molar-refractivity contribution is 0.392. The van der Waals surface area contributed by atoms with E-state index in [0.29, 0.717) is 29.0 Å². The maximum absolute atomic E-state index is 13.8. The van der Waals surface area contributed by atoms with Gasteiger partial charge in [0.1, 0.15) is 22.2 Å². The number of nitrogens with zero attached hydrogens (tertiary/aromatic N) is 2. The van der Waals surface area contributed by atoms with Crippen LogP contribution in [0.15, 0.2) is 77.7 Å². The highest BCUT2D eigenvalue weighted by molar-refractivity contribution is 7.90. The first-order valence-electron chi connectivity index (χ1n) is 9.02. The number of hydrogen-bond donors (Lipinski definition) is 0. The standard InChI is InChI=1S/C22H20N2O4S/c1-27-17-12-13-20(28-2)21(15-17)29(25,26)24-19-11-7-6-10-18(19)23-22(24)14-16-8-4-3-5-9-16/h3-13,15H,14H2,1-2H3. The van der Waals surface area contributed by atoms with Gasteiger partial charge in [0.25, 0.3) is 10.0 Å². The number of methoxy groups -OCH3 is 2. The molecule has 4 aromatic rings.